The SMILES string of the molecule is C/C(NC=S)=C(\c1ccc([C@H](C)NC(C)(O)[C@@H]2CCCN2C(=O)[C@@H](NC(=O)c2ccc3c(c2)NCC3)C(C)(C)C)c(C)c1)C(C)C. The van der Waals surface area contributed by atoms with Gasteiger partial charge in [0.1, 0.15) is 11.8 Å². The van der Waals surface area contributed by atoms with Gasteiger partial charge in [0, 0.05) is 36.1 Å². The van der Waals surface area contributed by atoms with Crippen LogP contribution in [0.5, 0.6) is 0 Å². The first-order valence-corrected chi connectivity index (χ1v) is 17.0. The number of amides is 2. The lowest BCUT2D eigenvalue weighted by Gasteiger charge is -2.42. The highest BCUT2D eigenvalue weighted by atomic mass is 32.1. The number of likely N-dealkylation sites (tertiary alicyclic amines) is 1. The molecule has 0 aliphatic carbocycles. The molecule has 2 heterocycles. The van der Waals surface area contributed by atoms with Gasteiger partial charge in [0.05, 0.1) is 11.5 Å². The van der Waals surface area contributed by atoms with Gasteiger partial charge in [-0.25, -0.2) is 0 Å². The van der Waals surface area contributed by atoms with Gasteiger partial charge < -0.3 is 26.0 Å². The van der Waals surface area contributed by atoms with E-state index in [2.05, 4.69) is 60.2 Å². The molecule has 4 rings (SSSR count). The van der Waals surface area contributed by atoms with Gasteiger partial charge in [-0.15, -0.1) is 0 Å². The molecule has 0 spiro atoms. The van der Waals surface area contributed by atoms with E-state index in [1.165, 1.54) is 16.6 Å². The van der Waals surface area contributed by atoms with Crippen molar-refractivity contribution < 1.29 is 14.7 Å². The van der Waals surface area contributed by atoms with Crippen LogP contribution in [0.1, 0.15) is 107 Å². The summed E-state index contributed by atoms with van der Waals surface area (Å²) in [4.78, 5) is 29.4. The van der Waals surface area contributed by atoms with Crippen LogP contribution in [0.15, 0.2) is 42.1 Å². The molecular weight excluding hydrogens is 595 g/mol. The molecule has 2 aromatic carbocycles. The zero-order valence-corrected chi connectivity index (χ0v) is 29.8. The number of carbonyl (C=O) groups excluding carboxylic acids is 2. The molecule has 1 fully saturated rings. The van der Waals surface area contributed by atoms with Gasteiger partial charge in [-0.2, -0.15) is 0 Å². The first-order valence-electron chi connectivity index (χ1n) is 16.5. The van der Waals surface area contributed by atoms with E-state index < -0.39 is 23.2 Å². The molecule has 1 saturated heterocycles. The molecule has 0 saturated carbocycles. The average molecular weight is 648 g/mol. The van der Waals surface area contributed by atoms with Crippen molar-refractivity contribution in [1.29, 1.82) is 0 Å². The zero-order valence-electron chi connectivity index (χ0n) is 29.0. The number of rotatable bonds is 11. The number of nitrogens with zero attached hydrogens (tertiary/aromatic N) is 1. The quantitative estimate of drug-likeness (QED) is 0.149. The first kappa shape index (κ1) is 35.6. The maximum atomic E-state index is 14.2. The summed E-state index contributed by atoms with van der Waals surface area (Å²) in [7, 11) is 0. The van der Waals surface area contributed by atoms with Crippen molar-refractivity contribution in [3.63, 3.8) is 0 Å². The molecule has 8 nitrogen and oxygen atoms in total. The summed E-state index contributed by atoms with van der Waals surface area (Å²) in [6.45, 7) is 19.5. The molecule has 0 aromatic heterocycles. The van der Waals surface area contributed by atoms with E-state index in [0.717, 1.165) is 47.5 Å². The zero-order chi connectivity index (χ0) is 34.0. The van der Waals surface area contributed by atoms with Crippen molar-refractivity contribution >= 4 is 40.8 Å². The third-order valence-corrected chi connectivity index (χ3v) is 9.59. The maximum absolute atomic E-state index is 14.2. The number of thiocarbonyl (C=S) groups is 1. The van der Waals surface area contributed by atoms with E-state index in [4.69, 9.17) is 12.2 Å². The number of carbonyl (C=O) groups is 2. The molecule has 2 amide bonds. The van der Waals surface area contributed by atoms with Crippen LogP contribution in [-0.4, -0.2) is 58.2 Å². The Morgan fingerprint density at radius 1 is 1.09 bits per heavy atom. The van der Waals surface area contributed by atoms with E-state index >= 15 is 0 Å². The van der Waals surface area contributed by atoms with Crippen LogP contribution in [-0.2, 0) is 11.2 Å². The molecule has 5 N–H and O–H groups in total. The topological polar surface area (TPSA) is 106 Å². The second-order valence-electron chi connectivity index (χ2n) is 14.6. The molecule has 1 unspecified atom stereocenters. The lowest BCUT2D eigenvalue weighted by atomic mass is 9.85. The van der Waals surface area contributed by atoms with Crippen LogP contribution in [0.2, 0.25) is 0 Å². The Balaban J connectivity index is 1.52. The summed E-state index contributed by atoms with van der Waals surface area (Å²) < 4.78 is 0. The fourth-order valence-corrected chi connectivity index (χ4v) is 7.34. The van der Waals surface area contributed by atoms with Crippen molar-refractivity contribution in [2.24, 2.45) is 11.3 Å². The van der Waals surface area contributed by atoms with Gasteiger partial charge in [0.2, 0.25) is 5.91 Å². The van der Waals surface area contributed by atoms with E-state index in [1.54, 1.807) is 11.8 Å². The molecule has 0 radical (unpaired) electrons. The number of hydrogen-bond acceptors (Lipinski definition) is 6. The number of aliphatic hydroxyl groups is 1. The third-order valence-electron chi connectivity index (χ3n) is 9.47. The van der Waals surface area contributed by atoms with E-state index in [-0.39, 0.29) is 17.9 Å². The molecular formula is C37H53N5O3S. The Morgan fingerprint density at radius 3 is 2.41 bits per heavy atom. The number of nitrogens with one attached hydrogen (secondary N) is 4. The minimum atomic E-state index is -1.36. The van der Waals surface area contributed by atoms with Crippen LogP contribution in [0.25, 0.3) is 5.57 Å². The number of anilines is 1. The van der Waals surface area contributed by atoms with E-state index in [9.17, 15) is 14.7 Å². The summed E-state index contributed by atoms with van der Waals surface area (Å²) in [6, 6.07) is 10.7. The third kappa shape index (κ3) is 7.81. The highest BCUT2D eigenvalue weighted by molar-refractivity contribution is 7.78. The summed E-state index contributed by atoms with van der Waals surface area (Å²) in [6.07, 6.45) is 2.38. The Morgan fingerprint density at radius 2 is 1.78 bits per heavy atom. The highest BCUT2D eigenvalue weighted by Crippen LogP contribution is 2.33. The van der Waals surface area contributed by atoms with Crippen LogP contribution in [0.3, 0.4) is 0 Å². The summed E-state index contributed by atoms with van der Waals surface area (Å²) in [5.74, 6) is -0.144. The Hall–Kier alpha value is -3.27. The Bertz CT molecular complexity index is 1490. The van der Waals surface area contributed by atoms with Gasteiger partial charge in [0.25, 0.3) is 5.91 Å². The van der Waals surface area contributed by atoms with Crippen molar-refractivity contribution in [3.05, 3.63) is 69.9 Å². The fourth-order valence-electron chi connectivity index (χ4n) is 7.17. The molecule has 4 atom stereocenters. The predicted octanol–water partition coefficient (Wildman–Crippen LogP) is 6.09. The highest BCUT2D eigenvalue weighted by Gasteiger charge is 2.46. The molecule has 46 heavy (non-hydrogen) atoms. The number of aryl methyl sites for hydroxylation is 1. The van der Waals surface area contributed by atoms with Crippen LogP contribution in [0, 0.1) is 18.3 Å². The minimum Gasteiger partial charge on any atom is -0.384 e. The van der Waals surface area contributed by atoms with Crippen molar-refractivity contribution in [2.75, 3.05) is 18.4 Å². The largest absolute Gasteiger partial charge is 0.384 e. The lowest BCUT2D eigenvalue weighted by molar-refractivity contribution is -0.144. The van der Waals surface area contributed by atoms with Gasteiger partial charge in [-0.3, -0.25) is 14.9 Å². The number of allylic oxidation sites excluding steroid dienone is 2. The molecule has 2 aromatic rings. The van der Waals surface area contributed by atoms with Gasteiger partial charge in [-0.1, -0.05) is 71.1 Å². The number of hydrogen-bond donors (Lipinski definition) is 5. The lowest BCUT2D eigenvalue weighted by Crippen LogP contribution is -2.62. The normalized spacial score (nSPS) is 19.5. The summed E-state index contributed by atoms with van der Waals surface area (Å²) in [5, 5.41) is 24.9. The molecule has 0 bridgehead atoms. The molecule has 250 valence electrons. The van der Waals surface area contributed by atoms with Crippen LogP contribution < -0.4 is 21.3 Å². The van der Waals surface area contributed by atoms with Crippen molar-refractivity contribution in [1.82, 2.24) is 20.9 Å². The average Bonchev–Trinajstić information content (AvgIpc) is 3.65. The number of fused-ring (bicyclic) bond motifs is 1. The smallest absolute Gasteiger partial charge is 0.252 e. The summed E-state index contributed by atoms with van der Waals surface area (Å²) in [5.41, 5.74) is 7.89. The van der Waals surface area contributed by atoms with Crippen LogP contribution in [0.4, 0.5) is 5.69 Å². The van der Waals surface area contributed by atoms with Crippen molar-refractivity contribution in [2.45, 2.75) is 105 Å². The monoisotopic (exact) mass is 647 g/mol. The minimum absolute atomic E-state index is 0.175. The number of benzene rings is 2. The van der Waals surface area contributed by atoms with Gasteiger partial charge in [-0.05, 0) is 98.2 Å². The molecule has 2 aliphatic rings. The molecule has 2 aliphatic heterocycles. The standard InChI is InChI=1S/C37H53N5O3S/c1-22(2)32(25(5)39-21-46)27-14-15-29(23(3)19-27)24(4)41-37(9,45)31-11-10-18-42(31)35(44)33(36(6,7)8)40-34(43)28-13-12-26-16-17-38-30(26)20-28/h12-15,19-22,24,31,33,38,41,45H,10-11,16-18H2,1-9H3,(H,39,46)(H,40,43)/b32-25+/t24-,31-,33+,37?/m0/s1. The van der Waals surface area contributed by atoms with E-state index in [0.29, 0.717) is 24.4 Å². The van der Waals surface area contributed by atoms with Crippen LogP contribution >= 0.6 is 12.2 Å². The fraction of sp³-hybridized carbons (Fsp3) is 0.541. The van der Waals surface area contributed by atoms with Crippen molar-refractivity contribution in [3.8, 4) is 0 Å². The Kier molecular flexibility index (Phi) is 11.0. The first-order chi connectivity index (χ1) is 21.5. The second-order valence-corrected chi connectivity index (χ2v) is 14.8. The molecule has 9 heteroatoms. The van der Waals surface area contributed by atoms with Gasteiger partial charge >= 0.3 is 0 Å². The second kappa shape index (κ2) is 14.2. The van der Waals surface area contributed by atoms with Gasteiger partial charge in [0.15, 0.2) is 0 Å². The maximum Gasteiger partial charge on any atom is 0.252 e. The van der Waals surface area contributed by atoms with E-state index in [1.807, 2.05) is 52.8 Å². The summed E-state index contributed by atoms with van der Waals surface area (Å²) >= 11 is 5.02. The predicted molar refractivity (Wildman–Crippen MR) is 192 cm³/mol. The Labute approximate surface area is 280 Å².